The van der Waals surface area contributed by atoms with Gasteiger partial charge in [0, 0.05) is 22.5 Å². The van der Waals surface area contributed by atoms with E-state index in [4.69, 9.17) is 21.1 Å². The highest BCUT2D eigenvalue weighted by Crippen LogP contribution is 2.34. The maximum absolute atomic E-state index is 12.8. The van der Waals surface area contributed by atoms with E-state index in [1.54, 1.807) is 22.9 Å². The van der Waals surface area contributed by atoms with Crippen molar-refractivity contribution < 1.29 is 14.3 Å². The molecule has 0 bridgehead atoms. The van der Waals surface area contributed by atoms with Gasteiger partial charge in [0.2, 0.25) is 6.79 Å². The topological polar surface area (TPSA) is 65.4 Å². The monoisotopic (exact) mass is 383 g/mol. The highest BCUT2D eigenvalue weighted by molar-refractivity contribution is 6.31. The number of hydrogen-bond donors (Lipinski definition) is 1. The third-order valence-corrected chi connectivity index (χ3v) is 4.89. The number of carbonyl (C=O) groups excluding carboxylic acids is 1. The predicted molar refractivity (Wildman–Crippen MR) is 103 cm³/mol. The van der Waals surface area contributed by atoms with Gasteiger partial charge in [0.1, 0.15) is 0 Å². The molecule has 138 valence electrons. The second kappa shape index (κ2) is 6.96. The number of nitrogens with zero attached hydrogens (tertiary/aromatic N) is 2. The van der Waals surface area contributed by atoms with Crippen LogP contribution in [0.3, 0.4) is 0 Å². The van der Waals surface area contributed by atoms with Crippen molar-refractivity contribution in [3.8, 4) is 11.5 Å². The fourth-order valence-corrected chi connectivity index (χ4v) is 3.33. The molecule has 0 unspecified atom stereocenters. The molecule has 0 atom stereocenters. The summed E-state index contributed by atoms with van der Waals surface area (Å²) < 4.78 is 12.4. The van der Waals surface area contributed by atoms with Crippen LogP contribution in [0, 0.1) is 13.8 Å². The molecule has 0 aliphatic carbocycles. The van der Waals surface area contributed by atoms with Crippen LogP contribution in [0.5, 0.6) is 11.5 Å². The lowest BCUT2D eigenvalue weighted by Crippen LogP contribution is -2.14. The van der Waals surface area contributed by atoms with E-state index in [1.165, 1.54) is 0 Å². The summed E-state index contributed by atoms with van der Waals surface area (Å²) in [5.74, 6) is 1.08. The van der Waals surface area contributed by atoms with Gasteiger partial charge in [-0.05, 0) is 37.6 Å². The second-order valence-corrected chi connectivity index (χ2v) is 6.72. The van der Waals surface area contributed by atoms with Crippen molar-refractivity contribution in [2.75, 3.05) is 12.1 Å². The molecule has 0 radical (unpaired) electrons. The molecule has 2 heterocycles. The summed E-state index contributed by atoms with van der Waals surface area (Å²) in [5, 5.41) is 8.10. The molecule has 1 aliphatic rings. The number of halogens is 1. The van der Waals surface area contributed by atoms with Gasteiger partial charge in [-0.3, -0.25) is 9.48 Å². The standard InChI is InChI=1S/C20H18ClN3O3/c1-12-19(13(2)24(23-12)10-14-5-3-4-6-16(14)21)20(25)22-15-7-8-17-18(9-15)27-11-26-17/h3-9H,10-11H2,1-2H3,(H,22,25). The number of rotatable bonds is 4. The minimum absolute atomic E-state index is 0.194. The summed E-state index contributed by atoms with van der Waals surface area (Å²) in [6.07, 6.45) is 0. The SMILES string of the molecule is Cc1nn(Cc2ccccc2Cl)c(C)c1C(=O)Nc1ccc2c(c1)OCO2. The molecule has 3 aromatic rings. The van der Waals surface area contributed by atoms with Gasteiger partial charge in [-0.15, -0.1) is 0 Å². The Kier molecular flexibility index (Phi) is 4.49. The number of ether oxygens (including phenoxy) is 2. The number of carbonyl (C=O) groups is 1. The first-order valence-corrected chi connectivity index (χ1v) is 8.89. The Morgan fingerprint density at radius 2 is 1.96 bits per heavy atom. The number of aromatic nitrogens is 2. The van der Waals surface area contributed by atoms with Crippen molar-refractivity contribution in [1.29, 1.82) is 0 Å². The lowest BCUT2D eigenvalue weighted by atomic mass is 10.1. The van der Waals surface area contributed by atoms with Gasteiger partial charge in [0.25, 0.3) is 5.91 Å². The van der Waals surface area contributed by atoms with Crippen molar-refractivity contribution >= 4 is 23.2 Å². The van der Waals surface area contributed by atoms with Crippen molar-refractivity contribution in [2.45, 2.75) is 20.4 Å². The zero-order valence-electron chi connectivity index (χ0n) is 15.0. The predicted octanol–water partition coefficient (Wildman–Crippen LogP) is 4.18. The van der Waals surface area contributed by atoms with Crippen LogP contribution in [-0.4, -0.2) is 22.5 Å². The van der Waals surface area contributed by atoms with Gasteiger partial charge in [0.05, 0.1) is 17.8 Å². The fourth-order valence-electron chi connectivity index (χ4n) is 3.14. The third kappa shape index (κ3) is 3.36. The Hall–Kier alpha value is -2.99. The van der Waals surface area contributed by atoms with Crippen LogP contribution >= 0.6 is 11.6 Å². The zero-order valence-corrected chi connectivity index (χ0v) is 15.7. The number of fused-ring (bicyclic) bond motifs is 1. The van der Waals surface area contributed by atoms with Crippen LogP contribution in [0.15, 0.2) is 42.5 Å². The van der Waals surface area contributed by atoms with E-state index in [0.717, 1.165) is 11.3 Å². The first kappa shape index (κ1) is 17.4. The molecule has 0 fully saturated rings. The third-order valence-electron chi connectivity index (χ3n) is 4.52. The van der Waals surface area contributed by atoms with E-state index in [9.17, 15) is 4.79 Å². The van der Waals surface area contributed by atoms with Gasteiger partial charge in [-0.25, -0.2) is 0 Å². The van der Waals surface area contributed by atoms with Crippen LogP contribution < -0.4 is 14.8 Å². The lowest BCUT2D eigenvalue weighted by Gasteiger charge is -2.08. The summed E-state index contributed by atoms with van der Waals surface area (Å²) in [6, 6.07) is 12.9. The van der Waals surface area contributed by atoms with Crippen LogP contribution in [0.25, 0.3) is 0 Å². The van der Waals surface area contributed by atoms with Crippen molar-refractivity contribution in [3.05, 3.63) is 70.0 Å². The summed E-state index contributed by atoms with van der Waals surface area (Å²) in [7, 11) is 0. The molecule has 6 nitrogen and oxygen atoms in total. The van der Waals surface area contributed by atoms with Crippen LogP contribution in [0.1, 0.15) is 27.3 Å². The number of benzene rings is 2. The molecule has 27 heavy (non-hydrogen) atoms. The molecule has 4 rings (SSSR count). The van der Waals surface area contributed by atoms with Crippen molar-refractivity contribution in [1.82, 2.24) is 9.78 Å². The summed E-state index contributed by atoms with van der Waals surface area (Å²) in [6.45, 7) is 4.40. The van der Waals surface area contributed by atoms with E-state index in [2.05, 4.69) is 10.4 Å². The van der Waals surface area contributed by atoms with E-state index in [-0.39, 0.29) is 12.7 Å². The molecule has 2 aromatic carbocycles. The van der Waals surface area contributed by atoms with Crippen LogP contribution in [0.4, 0.5) is 5.69 Å². The van der Waals surface area contributed by atoms with Gasteiger partial charge < -0.3 is 14.8 Å². The quantitative estimate of drug-likeness (QED) is 0.733. The second-order valence-electron chi connectivity index (χ2n) is 6.32. The minimum atomic E-state index is -0.214. The van der Waals surface area contributed by atoms with Gasteiger partial charge in [-0.1, -0.05) is 29.8 Å². The van der Waals surface area contributed by atoms with Gasteiger partial charge in [0.15, 0.2) is 11.5 Å². The molecule has 0 saturated heterocycles. The highest BCUT2D eigenvalue weighted by atomic mass is 35.5. The first-order valence-electron chi connectivity index (χ1n) is 8.51. The minimum Gasteiger partial charge on any atom is -0.454 e. The Balaban J connectivity index is 1.57. The lowest BCUT2D eigenvalue weighted by molar-refractivity contribution is 0.102. The summed E-state index contributed by atoms with van der Waals surface area (Å²) >= 11 is 6.25. The molecule has 1 N–H and O–H groups in total. The Labute approximate surface area is 161 Å². The number of anilines is 1. The Bertz CT molecular complexity index is 1030. The van der Waals surface area contributed by atoms with E-state index in [0.29, 0.717) is 40.0 Å². The molecular formula is C20H18ClN3O3. The first-order chi connectivity index (χ1) is 13.0. The zero-order chi connectivity index (χ0) is 19.0. The molecule has 1 amide bonds. The molecule has 0 saturated carbocycles. The van der Waals surface area contributed by atoms with Crippen molar-refractivity contribution in [3.63, 3.8) is 0 Å². The normalized spacial score (nSPS) is 12.3. The molecule has 0 spiro atoms. The fraction of sp³-hybridized carbons (Fsp3) is 0.200. The number of amides is 1. The summed E-state index contributed by atoms with van der Waals surface area (Å²) in [5.41, 5.74) is 3.59. The number of hydrogen-bond acceptors (Lipinski definition) is 4. The maximum Gasteiger partial charge on any atom is 0.259 e. The van der Waals surface area contributed by atoms with Crippen LogP contribution in [-0.2, 0) is 6.54 Å². The number of aryl methyl sites for hydroxylation is 1. The maximum atomic E-state index is 12.8. The van der Waals surface area contributed by atoms with E-state index < -0.39 is 0 Å². The average Bonchev–Trinajstić information content (AvgIpc) is 3.21. The average molecular weight is 384 g/mol. The van der Waals surface area contributed by atoms with Gasteiger partial charge >= 0.3 is 0 Å². The highest BCUT2D eigenvalue weighted by Gasteiger charge is 2.20. The molecule has 7 heteroatoms. The summed E-state index contributed by atoms with van der Waals surface area (Å²) in [4.78, 5) is 12.8. The number of nitrogens with one attached hydrogen (secondary N) is 1. The Morgan fingerprint density at radius 3 is 2.78 bits per heavy atom. The molecule has 1 aliphatic heterocycles. The van der Waals surface area contributed by atoms with Gasteiger partial charge in [-0.2, -0.15) is 5.10 Å². The smallest absolute Gasteiger partial charge is 0.259 e. The van der Waals surface area contributed by atoms with E-state index in [1.807, 2.05) is 38.1 Å². The molecular weight excluding hydrogens is 366 g/mol. The largest absolute Gasteiger partial charge is 0.454 e. The molecule has 1 aromatic heterocycles. The van der Waals surface area contributed by atoms with E-state index >= 15 is 0 Å². The Morgan fingerprint density at radius 1 is 1.19 bits per heavy atom. The van der Waals surface area contributed by atoms with Crippen LogP contribution in [0.2, 0.25) is 5.02 Å². The van der Waals surface area contributed by atoms with Crippen molar-refractivity contribution in [2.24, 2.45) is 0 Å².